The number of nitrogens with one attached hydrogen (secondary N) is 1. The monoisotopic (exact) mass is 394 g/mol. The summed E-state index contributed by atoms with van der Waals surface area (Å²) >= 11 is 5.90. The van der Waals surface area contributed by atoms with Gasteiger partial charge < -0.3 is 5.32 Å². The van der Waals surface area contributed by atoms with Crippen LogP contribution in [0.1, 0.15) is 24.5 Å². The fraction of sp³-hybridized carbons (Fsp3) is 0.316. The SMILES string of the molecule is CC[C@H](C(=O)Nc1cc(C)ccc1C)N(c1ccc(Cl)cc1)S(C)(=O)=O. The highest BCUT2D eigenvalue weighted by molar-refractivity contribution is 7.92. The van der Waals surface area contributed by atoms with Crippen molar-refractivity contribution in [3.63, 3.8) is 0 Å². The molecule has 0 unspecified atom stereocenters. The predicted molar refractivity (Wildman–Crippen MR) is 107 cm³/mol. The van der Waals surface area contributed by atoms with Gasteiger partial charge in [-0.2, -0.15) is 0 Å². The van der Waals surface area contributed by atoms with Gasteiger partial charge in [0.05, 0.1) is 11.9 Å². The number of nitrogens with zero attached hydrogens (tertiary/aromatic N) is 1. The first-order valence-electron chi connectivity index (χ1n) is 8.26. The van der Waals surface area contributed by atoms with Crippen molar-refractivity contribution in [2.45, 2.75) is 33.2 Å². The number of halogens is 1. The first-order valence-corrected chi connectivity index (χ1v) is 10.5. The Morgan fingerprint density at radius 3 is 2.31 bits per heavy atom. The minimum atomic E-state index is -3.67. The number of carbonyl (C=O) groups excluding carboxylic acids is 1. The van der Waals surface area contributed by atoms with E-state index in [4.69, 9.17) is 11.6 Å². The third-order valence-corrected chi connectivity index (χ3v) is 5.49. The van der Waals surface area contributed by atoms with Gasteiger partial charge in [0.25, 0.3) is 0 Å². The Kier molecular flexibility index (Phi) is 6.31. The van der Waals surface area contributed by atoms with Crippen molar-refractivity contribution in [1.82, 2.24) is 0 Å². The van der Waals surface area contributed by atoms with E-state index in [2.05, 4.69) is 5.32 Å². The van der Waals surface area contributed by atoms with Crippen LogP contribution in [0.2, 0.25) is 5.02 Å². The van der Waals surface area contributed by atoms with Crippen molar-refractivity contribution in [2.24, 2.45) is 0 Å². The summed E-state index contributed by atoms with van der Waals surface area (Å²) in [5.41, 5.74) is 3.01. The van der Waals surface area contributed by atoms with Gasteiger partial charge in [-0.15, -0.1) is 0 Å². The first-order chi connectivity index (χ1) is 12.1. The van der Waals surface area contributed by atoms with Crippen LogP contribution in [0.15, 0.2) is 42.5 Å². The maximum Gasteiger partial charge on any atom is 0.248 e. The van der Waals surface area contributed by atoms with Crippen LogP contribution in [0.25, 0.3) is 0 Å². The summed E-state index contributed by atoms with van der Waals surface area (Å²) < 4.78 is 26.0. The lowest BCUT2D eigenvalue weighted by atomic mass is 10.1. The van der Waals surface area contributed by atoms with E-state index in [9.17, 15) is 13.2 Å². The molecule has 0 spiro atoms. The third kappa shape index (κ3) is 4.77. The molecule has 140 valence electrons. The van der Waals surface area contributed by atoms with Crippen molar-refractivity contribution in [3.8, 4) is 0 Å². The highest BCUT2D eigenvalue weighted by atomic mass is 35.5. The Labute approximate surface area is 160 Å². The van der Waals surface area contributed by atoms with Crippen LogP contribution in [0.4, 0.5) is 11.4 Å². The molecule has 2 aromatic rings. The summed E-state index contributed by atoms with van der Waals surface area (Å²) in [5.74, 6) is -0.374. The van der Waals surface area contributed by atoms with Gasteiger partial charge >= 0.3 is 0 Å². The molecule has 1 N–H and O–H groups in total. The number of rotatable bonds is 6. The van der Waals surface area contributed by atoms with Crippen molar-refractivity contribution in [1.29, 1.82) is 0 Å². The van der Waals surface area contributed by atoms with Gasteiger partial charge in [-0.05, 0) is 61.7 Å². The van der Waals surface area contributed by atoms with Crippen molar-refractivity contribution < 1.29 is 13.2 Å². The average Bonchev–Trinajstić information content (AvgIpc) is 2.56. The molecule has 2 rings (SSSR count). The maximum absolute atomic E-state index is 12.9. The lowest BCUT2D eigenvalue weighted by Crippen LogP contribution is -2.47. The summed E-state index contributed by atoms with van der Waals surface area (Å²) in [5, 5.41) is 3.36. The molecular weight excluding hydrogens is 372 g/mol. The van der Waals surface area contributed by atoms with Crippen molar-refractivity contribution in [3.05, 3.63) is 58.6 Å². The number of aryl methyl sites for hydroxylation is 2. The van der Waals surface area contributed by atoms with E-state index in [-0.39, 0.29) is 5.91 Å². The minimum Gasteiger partial charge on any atom is -0.324 e. The molecule has 0 fully saturated rings. The topological polar surface area (TPSA) is 66.5 Å². The quantitative estimate of drug-likeness (QED) is 0.800. The maximum atomic E-state index is 12.9. The normalized spacial score (nSPS) is 12.5. The van der Waals surface area contributed by atoms with E-state index in [0.29, 0.717) is 22.8 Å². The molecule has 7 heteroatoms. The zero-order chi connectivity index (χ0) is 19.5. The fourth-order valence-corrected chi connectivity index (χ4v) is 4.07. The number of benzene rings is 2. The number of hydrogen-bond acceptors (Lipinski definition) is 3. The lowest BCUT2D eigenvalue weighted by Gasteiger charge is -2.30. The summed E-state index contributed by atoms with van der Waals surface area (Å²) in [6, 6.07) is 11.3. The van der Waals surface area contributed by atoms with E-state index < -0.39 is 16.1 Å². The average molecular weight is 395 g/mol. The standard InChI is InChI=1S/C19H23ClN2O3S/c1-5-18(19(23)21-17-12-13(2)6-7-14(17)3)22(26(4,24)25)16-10-8-15(20)9-11-16/h6-12,18H,5H2,1-4H3,(H,21,23)/t18-/m1/s1. The Morgan fingerprint density at radius 2 is 1.77 bits per heavy atom. The lowest BCUT2D eigenvalue weighted by molar-refractivity contribution is -0.117. The second-order valence-electron chi connectivity index (χ2n) is 6.27. The Hall–Kier alpha value is -2.05. The van der Waals surface area contributed by atoms with Crippen LogP contribution in [-0.4, -0.2) is 26.6 Å². The number of anilines is 2. The molecule has 0 aliphatic carbocycles. The summed E-state index contributed by atoms with van der Waals surface area (Å²) in [7, 11) is -3.67. The zero-order valence-corrected chi connectivity index (χ0v) is 16.9. The van der Waals surface area contributed by atoms with Crippen LogP contribution in [0.5, 0.6) is 0 Å². The van der Waals surface area contributed by atoms with Crippen molar-refractivity contribution in [2.75, 3.05) is 15.9 Å². The van der Waals surface area contributed by atoms with Gasteiger partial charge in [-0.25, -0.2) is 8.42 Å². The van der Waals surface area contributed by atoms with Crippen LogP contribution in [0.3, 0.4) is 0 Å². The molecular formula is C19H23ClN2O3S. The van der Waals surface area contributed by atoms with Crippen LogP contribution >= 0.6 is 11.6 Å². The Bertz CT molecular complexity index is 896. The van der Waals surface area contributed by atoms with Gasteiger partial charge in [0.15, 0.2) is 0 Å². The molecule has 0 bridgehead atoms. The van der Waals surface area contributed by atoms with Crippen LogP contribution in [0, 0.1) is 13.8 Å². The van der Waals surface area contributed by atoms with E-state index in [1.165, 1.54) is 0 Å². The largest absolute Gasteiger partial charge is 0.324 e. The van der Waals surface area contributed by atoms with Gasteiger partial charge in [0.1, 0.15) is 6.04 Å². The molecule has 2 aromatic carbocycles. The molecule has 1 amide bonds. The highest BCUT2D eigenvalue weighted by Gasteiger charge is 2.31. The molecule has 0 saturated heterocycles. The van der Waals surface area contributed by atoms with Crippen molar-refractivity contribution >= 4 is 38.9 Å². The predicted octanol–water partition coefficient (Wildman–Crippen LogP) is 4.14. The van der Waals surface area contributed by atoms with E-state index in [1.807, 2.05) is 32.0 Å². The third-order valence-electron chi connectivity index (χ3n) is 4.06. The van der Waals surface area contributed by atoms with E-state index >= 15 is 0 Å². The fourth-order valence-electron chi connectivity index (χ4n) is 2.73. The number of sulfonamides is 1. The molecule has 0 heterocycles. The second kappa shape index (κ2) is 8.10. The van der Waals surface area contributed by atoms with Crippen LogP contribution < -0.4 is 9.62 Å². The van der Waals surface area contributed by atoms with Gasteiger partial charge in [-0.3, -0.25) is 9.10 Å². The van der Waals surface area contributed by atoms with Gasteiger partial charge in [0, 0.05) is 10.7 Å². The molecule has 5 nitrogen and oxygen atoms in total. The molecule has 0 radical (unpaired) electrons. The minimum absolute atomic E-state index is 0.326. The zero-order valence-electron chi connectivity index (χ0n) is 15.3. The molecule has 26 heavy (non-hydrogen) atoms. The summed E-state index contributed by atoms with van der Waals surface area (Å²) in [6.07, 6.45) is 1.42. The smallest absolute Gasteiger partial charge is 0.248 e. The number of hydrogen-bond donors (Lipinski definition) is 1. The molecule has 0 aromatic heterocycles. The highest BCUT2D eigenvalue weighted by Crippen LogP contribution is 2.25. The molecule has 0 aliphatic heterocycles. The van der Waals surface area contributed by atoms with E-state index in [1.54, 1.807) is 31.2 Å². The Balaban J connectivity index is 2.39. The Morgan fingerprint density at radius 1 is 1.15 bits per heavy atom. The molecule has 0 saturated carbocycles. The number of amides is 1. The van der Waals surface area contributed by atoms with Gasteiger partial charge in [0.2, 0.25) is 15.9 Å². The second-order valence-corrected chi connectivity index (χ2v) is 8.56. The van der Waals surface area contributed by atoms with Gasteiger partial charge in [-0.1, -0.05) is 30.7 Å². The summed E-state index contributed by atoms with van der Waals surface area (Å²) in [4.78, 5) is 12.9. The molecule has 1 atom stereocenters. The summed E-state index contributed by atoms with van der Waals surface area (Å²) in [6.45, 7) is 5.61. The first kappa shape index (κ1) is 20.3. The number of carbonyl (C=O) groups is 1. The molecule has 0 aliphatic rings. The van der Waals surface area contributed by atoms with Crippen LogP contribution in [-0.2, 0) is 14.8 Å². The van der Waals surface area contributed by atoms with E-state index in [0.717, 1.165) is 21.7 Å².